The average Bonchev–Trinajstić information content (AvgIpc) is 2.61. The van der Waals surface area contributed by atoms with Crippen LogP contribution in [-0.2, 0) is 16.0 Å². The molecule has 0 unspecified atom stereocenters. The highest BCUT2D eigenvalue weighted by atomic mass is 16.6. The highest BCUT2D eigenvalue weighted by molar-refractivity contribution is 5.79. The van der Waals surface area contributed by atoms with E-state index in [-0.39, 0.29) is 24.0 Å². The van der Waals surface area contributed by atoms with Crippen LogP contribution in [0, 0.1) is 5.92 Å². The summed E-state index contributed by atoms with van der Waals surface area (Å²) in [6.07, 6.45) is 4.31. The molecule has 1 atom stereocenters. The third-order valence-electron chi connectivity index (χ3n) is 5.20. The van der Waals surface area contributed by atoms with Gasteiger partial charge in [0.05, 0.1) is 6.04 Å². The summed E-state index contributed by atoms with van der Waals surface area (Å²) in [5, 5.41) is 3.25. The van der Waals surface area contributed by atoms with Crippen molar-refractivity contribution in [3.63, 3.8) is 0 Å². The largest absolute Gasteiger partial charge is 0.444 e. The molecule has 1 saturated heterocycles. The molecule has 0 bridgehead atoms. The number of carbonyl (C=O) groups excluding carboxylic acids is 2. The third-order valence-corrected chi connectivity index (χ3v) is 5.20. The summed E-state index contributed by atoms with van der Waals surface area (Å²) >= 11 is 0. The molecule has 1 N–H and O–H groups in total. The van der Waals surface area contributed by atoms with Gasteiger partial charge in [0.1, 0.15) is 5.60 Å². The van der Waals surface area contributed by atoms with Gasteiger partial charge in [-0.15, -0.1) is 0 Å². The second-order valence-electron chi connectivity index (χ2n) is 8.39. The van der Waals surface area contributed by atoms with E-state index in [9.17, 15) is 9.59 Å². The van der Waals surface area contributed by atoms with E-state index in [1.54, 1.807) is 4.90 Å². The molecule has 1 aliphatic heterocycles. The molecule has 0 saturated carbocycles. The van der Waals surface area contributed by atoms with E-state index in [0.717, 1.165) is 19.3 Å². The third kappa shape index (κ3) is 4.57. The Bertz CT molecular complexity index is 657. The summed E-state index contributed by atoms with van der Waals surface area (Å²) in [7, 11) is 0. The van der Waals surface area contributed by atoms with Gasteiger partial charge in [0.2, 0.25) is 5.91 Å². The molecule has 0 spiro atoms. The van der Waals surface area contributed by atoms with Crippen molar-refractivity contribution in [3.8, 4) is 0 Å². The van der Waals surface area contributed by atoms with E-state index in [0.29, 0.717) is 25.9 Å². The van der Waals surface area contributed by atoms with Crippen molar-refractivity contribution >= 4 is 12.0 Å². The first-order valence-electron chi connectivity index (χ1n) is 9.69. The number of likely N-dealkylation sites (tertiary alicyclic amines) is 1. The molecular formula is C21H30N2O3. The zero-order valence-corrected chi connectivity index (χ0v) is 16.1. The van der Waals surface area contributed by atoms with Crippen LogP contribution in [0.4, 0.5) is 4.79 Å². The maximum absolute atomic E-state index is 12.7. The lowest BCUT2D eigenvalue weighted by Crippen LogP contribution is -2.45. The van der Waals surface area contributed by atoms with Gasteiger partial charge >= 0.3 is 6.09 Å². The first-order chi connectivity index (χ1) is 12.3. The number of aryl methyl sites for hydroxylation is 1. The summed E-state index contributed by atoms with van der Waals surface area (Å²) in [6.45, 7) is 6.76. The van der Waals surface area contributed by atoms with Gasteiger partial charge in [-0.2, -0.15) is 0 Å². The van der Waals surface area contributed by atoms with E-state index in [1.807, 2.05) is 26.8 Å². The fraction of sp³-hybridized carbons (Fsp3) is 0.619. The van der Waals surface area contributed by atoms with Gasteiger partial charge in [0.15, 0.2) is 0 Å². The summed E-state index contributed by atoms with van der Waals surface area (Å²) in [5.41, 5.74) is 2.13. The van der Waals surface area contributed by atoms with Crippen LogP contribution in [-0.4, -0.2) is 35.6 Å². The molecule has 2 aliphatic rings. The monoisotopic (exact) mass is 358 g/mol. The number of rotatable bonds is 2. The van der Waals surface area contributed by atoms with Crippen molar-refractivity contribution in [3.05, 3.63) is 35.4 Å². The summed E-state index contributed by atoms with van der Waals surface area (Å²) in [6, 6.07) is 8.52. The molecular weight excluding hydrogens is 328 g/mol. The fourth-order valence-corrected chi connectivity index (χ4v) is 3.84. The zero-order chi connectivity index (χ0) is 18.7. The number of piperidine rings is 1. The lowest BCUT2D eigenvalue weighted by molar-refractivity contribution is -0.127. The minimum Gasteiger partial charge on any atom is -0.444 e. The first kappa shape index (κ1) is 18.7. The number of amides is 2. The Morgan fingerprint density at radius 1 is 1.12 bits per heavy atom. The Balaban J connectivity index is 1.53. The second kappa shape index (κ2) is 7.68. The Morgan fingerprint density at radius 2 is 1.81 bits per heavy atom. The normalized spacial score (nSPS) is 21.0. The minimum absolute atomic E-state index is 0.0252. The average molecular weight is 358 g/mol. The second-order valence-corrected chi connectivity index (χ2v) is 8.39. The zero-order valence-electron chi connectivity index (χ0n) is 16.1. The molecule has 0 aromatic heterocycles. The van der Waals surface area contributed by atoms with Gasteiger partial charge in [-0.1, -0.05) is 24.3 Å². The van der Waals surface area contributed by atoms with Crippen LogP contribution in [0.15, 0.2) is 24.3 Å². The number of nitrogens with zero attached hydrogens (tertiary/aromatic N) is 1. The van der Waals surface area contributed by atoms with E-state index in [1.165, 1.54) is 11.1 Å². The molecule has 1 aromatic rings. The molecule has 1 heterocycles. The number of nitrogens with one attached hydrogen (secondary N) is 1. The molecule has 3 rings (SSSR count). The van der Waals surface area contributed by atoms with E-state index in [4.69, 9.17) is 4.74 Å². The van der Waals surface area contributed by atoms with Crippen LogP contribution in [0.1, 0.15) is 63.6 Å². The van der Waals surface area contributed by atoms with Crippen molar-refractivity contribution in [2.24, 2.45) is 5.92 Å². The molecule has 5 heteroatoms. The number of hydrogen-bond donors (Lipinski definition) is 1. The van der Waals surface area contributed by atoms with E-state index < -0.39 is 5.60 Å². The molecule has 5 nitrogen and oxygen atoms in total. The highest BCUT2D eigenvalue weighted by Crippen LogP contribution is 2.30. The quantitative estimate of drug-likeness (QED) is 0.874. The maximum atomic E-state index is 12.7. The van der Waals surface area contributed by atoms with Gasteiger partial charge < -0.3 is 15.0 Å². The van der Waals surface area contributed by atoms with Crippen molar-refractivity contribution in [1.29, 1.82) is 0 Å². The van der Waals surface area contributed by atoms with Crippen molar-refractivity contribution < 1.29 is 14.3 Å². The maximum Gasteiger partial charge on any atom is 0.410 e. The topological polar surface area (TPSA) is 58.6 Å². The SMILES string of the molecule is CC(C)(C)OC(=O)N1CCC(C(=O)N[C@H]2CCCc3ccccc32)CC1. The fourth-order valence-electron chi connectivity index (χ4n) is 3.84. The predicted molar refractivity (Wildman–Crippen MR) is 101 cm³/mol. The van der Waals surface area contributed by atoms with Crippen LogP contribution in [0.2, 0.25) is 0 Å². The molecule has 1 fully saturated rings. The standard InChI is InChI=1S/C21H30N2O3/c1-21(2,3)26-20(25)23-13-11-16(12-14-23)19(24)22-18-10-6-8-15-7-4-5-9-17(15)18/h4-5,7,9,16,18H,6,8,10-14H2,1-3H3,(H,22,24)/t18-/m0/s1. The summed E-state index contributed by atoms with van der Waals surface area (Å²) < 4.78 is 5.42. The van der Waals surface area contributed by atoms with Gasteiger partial charge in [0, 0.05) is 19.0 Å². The molecule has 26 heavy (non-hydrogen) atoms. The van der Waals surface area contributed by atoms with Crippen LogP contribution < -0.4 is 5.32 Å². The van der Waals surface area contributed by atoms with Gasteiger partial charge in [0.25, 0.3) is 0 Å². The molecule has 0 radical (unpaired) electrons. The van der Waals surface area contributed by atoms with Gasteiger partial charge in [-0.05, 0) is 64.0 Å². The molecule has 2 amide bonds. The van der Waals surface area contributed by atoms with Crippen molar-refractivity contribution in [1.82, 2.24) is 10.2 Å². The van der Waals surface area contributed by atoms with Crippen LogP contribution in [0.25, 0.3) is 0 Å². The molecule has 142 valence electrons. The minimum atomic E-state index is -0.486. The Kier molecular flexibility index (Phi) is 5.54. The van der Waals surface area contributed by atoms with Gasteiger partial charge in [-0.25, -0.2) is 4.79 Å². The van der Waals surface area contributed by atoms with Crippen LogP contribution >= 0.6 is 0 Å². The van der Waals surface area contributed by atoms with E-state index >= 15 is 0 Å². The number of carbonyl (C=O) groups is 2. The highest BCUT2D eigenvalue weighted by Gasteiger charge is 2.31. The number of ether oxygens (including phenoxy) is 1. The Labute approximate surface area is 156 Å². The van der Waals surface area contributed by atoms with Crippen LogP contribution in [0.3, 0.4) is 0 Å². The molecule has 1 aliphatic carbocycles. The smallest absolute Gasteiger partial charge is 0.410 e. The number of hydrogen-bond acceptors (Lipinski definition) is 3. The number of benzene rings is 1. The van der Waals surface area contributed by atoms with E-state index in [2.05, 4.69) is 23.5 Å². The predicted octanol–water partition coefficient (Wildman–Crippen LogP) is 3.83. The summed E-state index contributed by atoms with van der Waals surface area (Å²) in [5.74, 6) is 0.0957. The summed E-state index contributed by atoms with van der Waals surface area (Å²) in [4.78, 5) is 26.6. The first-order valence-corrected chi connectivity index (χ1v) is 9.69. The van der Waals surface area contributed by atoms with Gasteiger partial charge in [-0.3, -0.25) is 4.79 Å². The lowest BCUT2D eigenvalue weighted by Gasteiger charge is -2.34. The number of fused-ring (bicyclic) bond motifs is 1. The Hall–Kier alpha value is -2.04. The Morgan fingerprint density at radius 3 is 2.50 bits per heavy atom. The van der Waals surface area contributed by atoms with Crippen molar-refractivity contribution in [2.45, 2.75) is 64.5 Å². The van der Waals surface area contributed by atoms with Crippen LogP contribution in [0.5, 0.6) is 0 Å². The molecule has 1 aromatic carbocycles. The lowest BCUT2D eigenvalue weighted by atomic mass is 9.87. The van der Waals surface area contributed by atoms with Crippen molar-refractivity contribution in [2.75, 3.05) is 13.1 Å².